The molecule has 0 aliphatic heterocycles. The predicted octanol–water partition coefficient (Wildman–Crippen LogP) is 5.08. The predicted molar refractivity (Wildman–Crippen MR) is 116 cm³/mol. The van der Waals surface area contributed by atoms with Gasteiger partial charge in [-0.1, -0.05) is 41.7 Å². The van der Waals surface area contributed by atoms with Crippen LogP contribution in [-0.2, 0) is 11.8 Å². The maximum atomic E-state index is 13.0. The van der Waals surface area contributed by atoms with Crippen LogP contribution in [0.2, 0.25) is 0 Å². The van der Waals surface area contributed by atoms with Gasteiger partial charge in [-0.25, -0.2) is 14.4 Å². The molecule has 0 fully saturated rings. The summed E-state index contributed by atoms with van der Waals surface area (Å²) in [6.07, 6.45) is 3.61. The fraction of sp³-hybridized carbons (Fsp3) is 0.0952. The normalized spacial score (nSPS) is 10.8. The number of aryl methyl sites for hydroxylation is 1. The Balaban J connectivity index is 1.54. The molecule has 0 unspecified atom stereocenters. The Hall–Kier alpha value is -2.97. The van der Waals surface area contributed by atoms with Gasteiger partial charge in [0.2, 0.25) is 5.91 Å². The van der Waals surface area contributed by atoms with Crippen LogP contribution >= 0.6 is 23.1 Å². The minimum atomic E-state index is -0.295. The summed E-state index contributed by atoms with van der Waals surface area (Å²) in [4.78, 5) is 23.2. The van der Waals surface area contributed by atoms with Gasteiger partial charge < -0.3 is 9.88 Å². The molecule has 0 aliphatic rings. The van der Waals surface area contributed by atoms with E-state index in [1.54, 1.807) is 18.3 Å². The number of imidazole rings is 1. The third kappa shape index (κ3) is 4.55. The Labute approximate surface area is 175 Å². The second-order valence-electron chi connectivity index (χ2n) is 6.22. The first-order valence-electron chi connectivity index (χ1n) is 8.82. The van der Waals surface area contributed by atoms with E-state index in [9.17, 15) is 9.18 Å². The van der Waals surface area contributed by atoms with Crippen LogP contribution in [0.4, 0.5) is 9.52 Å². The molecule has 146 valence electrons. The van der Waals surface area contributed by atoms with E-state index in [1.165, 1.54) is 35.2 Å². The number of thiazole rings is 1. The summed E-state index contributed by atoms with van der Waals surface area (Å²) in [5, 5.41) is 3.39. The fourth-order valence-corrected chi connectivity index (χ4v) is 4.48. The van der Waals surface area contributed by atoms with Gasteiger partial charge in [-0.3, -0.25) is 4.79 Å². The highest BCUT2D eigenvalue weighted by Crippen LogP contribution is 2.38. The SMILES string of the molecule is Cn1ccnc1-c1sc(NC(=O)CSc2ccc(F)cc2)nc1-c1ccccc1. The number of hydrogen-bond acceptors (Lipinski definition) is 5. The van der Waals surface area contributed by atoms with Crippen molar-refractivity contribution in [2.75, 3.05) is 11.1 Å². The summed E-state index contributed by atoms with van der Waals surface area (Å²) in [5.74, 6) is 0.544. The summed E-state index contributed by atoms with van der Waals surface area (Å²) in [6, 6.07) is 15.9. The molecule has 5 nitrogen and oxygen atoms in total. The molecule has 0 radical (unpaired) electrons. The minimum absolute atomic E-state index is 0.168. The molecule has 1 amide bonds. The number of benzene rings is 2. The maximum Gasteiger partial charge on any atom is 0.236 e. The van der Waals surface area contributed by atoms with Crippen LogP contribution < -0.4 is 5.32 Å². The number of carbonyl (C=O) groups is 1. The van der Waals surface area contributed by atoms with Crippen LogP contribution in [-0.4, -0.2) is 26.2 Å². The van der Waals surface area contributed by atoms with Crippen molar-refractivity contribution in [1.82, 2.24) is 14.5 Å². The molecule has 4 rings (SSSR count). The van der Waals surface area contributed by atoms with Crippen molar-refractivity contribution >= 4 is 34.1 Å². The van der Waals surface area contributed by atoms with Gasteiger partial charge in [0.05, 0.1) is 16.3 Å². The van der Waals surface area contributed by atoms with Crippen LogP contribution in [0.3, 0.4) is 0 Å². The zero-order chi connectivity index (χ0) is 20.2. The highest BCUT2D eigenvalue weighted by atomic mass is 32.2. The van der Waals surface area contributed by atoms with Crippen LogP contribution in [0.5, 0.6) is 0 Å². The molecule has 2 aromatic heterocycles. The molecule has 1 N–H and O–H groups in total. The van der Waals surface area contributed by atoms with Crippen molar-refractivity contribution < 1.29 is 9.18 Å². The number of nitrogens with zero attached hydrogens (tertiary/aromatic N) is 3. The summed E-state index contributed by atoms with van der Waals surface area (Å²) in [6.45, 7) is 0. The van der Waals surface area contributed by atoms with Gasteiger partial charge in [-0.05, 0) is 24.3 Å². The zero-order valence-corrected chi connectivity index (χ0v) is 17.1. The van der Waals surface area contributed by atoms with Crippen molar-refractivity contribution in [2.45, 2.75) is 4.90 Å². The number of rotatable bonds is 6. The molecule has 0 saturated heterocycles. The maximum absolute atomic E-state index is 13.0. The zero-order valence-electron chi connectivity index (χ0n) is 15.5. The quantitative estimate of drug-likeness (QED) is 0.439. The van der Waals surface area contributed by atoms with Crippen molar-refractivity contribution in [3.63, 3.8) is 0 Å². The average Bonchev–Trinajstić information content (AvgIpc) is 3.34. The fourth-order valence-electron chi connectivity index (χ4n) is 2.74. The Kier molecular flexibility index (Phi) is 5.73. The molecule has 0 bridgehead atoms. The Morgan fingerprint density at radius 3 is 2.62 bits per heavy atom. The first-order valence-corrected chi connectivity index (χ1v) is 10.6. The lowest BCUT2D eigenvalue weighted by molar-refractivity contribution is -0.113. The van der Waals surface area contributed by atoms with E-state index in [0.29, 0.717) is 5.13 Å². The van der Waals surface area contributed by atoms with Crippen molar-refractivity contribution in [3.8, 4) is 22.0 Å². The third-order valence-corrected chi connectivity index (χ3v) is 6.11. The lowest BCUT2D eigenvalue weighted by Crippen LogP contribution is -2.13. The topological polar surface area (TPSA) is 59.8 Å². The second-order valence-corrected chi connectivity index (χ2v) is 8.26. The molecule has 0 atom stereocenters. The number of carbonyl (C=O) groups excluding carboxylic acids is 1. The molecule has 0 spiro atoms. The number of thioether (sulfide) groups is 1. The standard InChI is InChI=1S/C21H17FN4OS2/c1-26-12-11-23-20(26)19-18(14-5-3-2-4-6-14)25-21(29-19)24-17(27)13-28-16-9-7-15(22)8-10-16/h2-12H,13H2,1H3,(H,24,25,27). The first kappa shape index (κ1) is 19.4. The molecule has 2 aromatic carbocycles. The molecule has 0 saturated carbocycles. The number of amides is 1. The molecule has 29 heavy (non-hydrogen) atoms. The van der Waals surface area contributed by atoms with E-state index in [0.717, 1.165) is 26.9 Å². The van der Waals surface area contributed by atoms with Gasteiger partial charge in [-0.15, -0.1) is 11.8 Å². The number of hydrogen-bond donors (Lipinski definition) is 1. The van der Waals surface area contributed by atoms with Crippen molar-refractivity contribution in [1.29, 1.82) is 0 Å². The lowest BCUT2D eigenvalue weighted by Gasteiger charge is -2.02. The summed E-state index contributed by atoms with van der Waals surface area (Å²) in [7, 11) is 1.93. The smallest absolute Gasteiger partial charge is 0.236 e. The van der Waals surface area contributed by atoms with Crippen molar-refractivity contribution in [2.24, 2.45) is 7.05 Å². The Morgan fingerprint density at radius 1 is 1.17 bits per heavy atom. The lowest BCUT2D eigenvalue weighted by atomic mass is 10.1. The largest absolute Gasteiger partial charge is 0.333 e. The molecule has 8 heteroatoms. The van der Waals surface area contributed by atoms with Gasteiger partial charge >= 0.3 is 0 Å². The summed E-state index contributed by atoms with van der Waals surface area (Å²) < 4.78 is 14.9. The number of anilines is 1. The number of halogens is 1. The monoisotopic (exact) mass is 424 g/mol. The van der Waals surface area contributed by atoms with Gasteiger partial charge in [0.15, 0.2) is 11.0 Å². The number of nitrogens with one attached hydrogen (secondary N) is 1. The molecular weight excluding hydrogens is 407 g/mol. The van der Waals surface area contributed by atoms with Gasteiger partial charge in [0.25, 0.3) is 0 Å². The Bertz CT molecular complexity index is 1120. The van der Waals surface area contributed by atoms with Gasteiger partial charge in [-0.2, -0.15) is 0 Å². The van der Waals surface area contributed by atoms with E-state index in [4.69, 9.17) is 0 Å². The van der Waals surface area contributed by atoms with Crippen LogP contribution in [0.25, 0.3) is 22.0 Å². The molecule has 0 aliphatic carbocycles. The van der Waals surface area contributed by atoms with E-state index in [1.807, 2.05) is 48.1 Å². The average molecular weight is 425 g/mol. The molecule has 4 aromatic rings. The Morgan fingerprint density at radius 2 is 1.93 bits per heavy atom. The van der Waals surface area contributed by atoms with E-state index in [2.05, 4.69) is 15.3 Å². The first-order chi connectivity index (χ1) is 14.1. The van der Waals surface area contributed by atoms with Crippen LogP contribution in [0, 0.1) is 5.82 Å². The van der Waals surface area contributed by atoms with E-state index < -0.39 is 0 Å². The molecular formula is C21H17FN4OS2. The van der Waals surface area contributed by atoms with E-state index in [-0.39, 0.29) is 17.5 Å². The van der Waals surface area contributed by atoms with Crippen LogP contribution in [0.15, 0.2) is 71.9 Å². The van der Waals surface area contributed by atoms with Crippen molar-refractivity contribution in [3.05, 3.63) is 72.8 Å². The molecule has 2 heterocycles. The summed E-state index contributed by atoms with van der Waals surface area (Å²) >= 11 is 2.74. The summed E-state index contributed by atoms with van der Waals surface area (Å²) in [5.41, 5.74) is 1.74. The minimum Gasteiger partial charge on any atom is -0.333 e. The van der Waals surface area contributed by atoms with Gasteiger partial charge in [0, 0.05) is 29.9 Å². The highest BCUT2D eigenvalue weighted by Gasteiger charge is 2.19. The third-order valence-electron chi connectivity index (χ3n) is 4.13. The van der Waals surface area contributed by atoms with Crippen LogP contribution in [0.1, 0.15) is 0 Å². The number of aromatic nitrogens is 3. The second kappa shape index (κ2) is 8.59. The van der Waals surface area contributed by atoms with E-state index >= 15 is 0 Å². The van der Waals surface area contributed by atoms with Gasteiger partial charge in [0.1, 0.15) is 5.82 Å². The highest BCUT2D eigenvalue weighted by molar-refractivity contribution is 8.00.